The SMILES string of the molecule is C=CCNC(=O)c1cc(-c2csc(-c3ccccc3Cl)n2)n(CCCOC)c1C. The number of nitrogens with zero attached hydrogens (tertiary/aromatic N) is 2. The van der Waals surface area contributed by atoms with Crippen molar-refractivity contribution in [3.05, 3.63) is 64.6 Å². The van der Waals surface area contributed by atoms with Crippen LogP contribution in [-0.4, -0.2) is 35.7 Å². The van der Waals surface area contributed by atoms with Gasteiger partial charge in [0.15, 0.2) is 0 Å². The van der Waals surface area contributed by atoms with Gasteiger partial charge < -0.3 is 14.6 Å². The van der Waals surface area contributed by atoms with Crippen LogP contribution in [0.4, 0.5) is 0 Å². The second kappa shape index (κ2) is 9.87. The highest BCUT2D eigenvalue weighted by Gasteiger charge is 2.20. The highest BCUT2D eigenvalue weighted by atomic mass is 35.5. The monoisotopic (exact) mass is 429 g/mol. The maximum Gasteiger partial charge on any atom is 0.253 e. The van der Waals surface area contributed by atoms with Gasteiger partial charge in [-0.1, -0.05) is 35.9 Å². The first-order valence-corrected chi connectivity index (χ1v) is 10.6. The normalized spacial score (nSPS) is 10.9. The van der Waals surface area contributed by atoms with E-state index < -0.39 is 0 Å². The third kappa shape index (κ3) is 4.78. The first-order valence-electron chi connectivity index (χ1n) is 9.35. The van der Waals surface area contributed by atoms with Crippen molar-refractivity contribution in [1.29, 1.82) is 0 Å². The third-order valence-electron chi connectivity index (χ3n) is 4.62. The number of halogens is 1. The van der Waals surface area contributed by atoms with Crippen LogP contribution in [0, 0.1) is 6.92 Å². The zero-order chi connectivity index (χ0) is 20.8. The van der Waals surface area contributed by atoms with E-state index in [2.05, 4.69) is 16.5 Å². The van der Waals surface area contributed by atoms with Gasteiger partial charge >= 0.3 is 0 Å². The van der Waals surface area contributed by atoms with Crippen LogP contribution in [0.2, 0.25) is 5.02 Å². The summed E-state index contributed by atoms with van der Waals surface area (Å²) in [6, 6.07) is 9.58. The van der Waals surface area contributed by atoms with Crippen molar-refractivity contribution in [3.8, 4) is 22.0 Å². The van der Waals surface area contributed by atoms with E-state index in [-0.39, 0.29) is 5.91 Å². The van der Waals surface area contributed by atoms with Crippen molar-refractivity contribution in [3.63, 3.8) is 0 Å². The summed E-state index contributed by atoms with van der Waals surface area (Å²) >= 11 is 7.87. The number of benzene rings is 1. The van der Waals surface area contributed by atoms with Gasteiger partial charge in [-0.05, 0) is 25.5 Å². The first-order chi connectivity index (χ1) is 14.1. The summed E-state index contributed by atoms with van der Waals surface area (Å²) in [5.74, 6) is -0.115. The molecule has 5 nitrogen and oxygen atoms in total. The molecule has 152 valence electrons. The molecule has 0 saturated carbocycles. The zero-order valence-electron chi connectivity index (χ0n) is 16.6. The highest BCUT2D eigenvalue weighted by Crippen LogP contribution is 2.34. The van der Waals surface area contributed by atoms with Crippen molar-refractivity contribution in [2.45, 2.75) is 19.9 Å². The van der Waals surface area contributed by atoms with Gasteiger partial charge in [0.2, 0.25) is 0 Å². The molecular formula is C22H24ClN3O2S. The predicted octanol–water partition coefficient (Wildman–Crippen LogP) is 5.19. The highest BCUT2D eigenvalue weighted by molar-refractivity contribution is 7.13. The molecule has 0 bridgehead atoms. The van der Waals surface area contributed by atoms with E-state index in [1.54, 1.807) is 13.2 Å². The molecule has 0 saturated heterocycles. The van der Waals surface area contributed by atoms with E-state index in [9.17, 15) is 4.79 Å². The van der Waals surface area contributed by atoms with Crippen molar-refractivity contribution >= 4 is 28.8 Å². The second-order valence-electron chi connectivity index (χ2n) is 6.54. The molecule has 7 heteroatoms. The molecule has 0 aliphatic rings. The smallest absolute Gasteiger partial charge is 0.253 e. The quantitative estimate of drug-likeness (QED) is 0.376. The fourth-order valence-corrected chi connectivity index (χ4v) is 4.29. The molecule has 0 fully saturated rings. The number of methoxy groups -OCH3 is 1. The van der Waals surface area contributed by atoms with E-state index in [0.29, 0.717) is 23.7 Å². The predicted molar refractivity (Wildman–Crippen MR) is 120 cm³/mol. The number of carbonyl (C=O) groups is 1. The lowest BCUT2D eigenvalue weighted by Crippen LogP contribution is -2.23. The van der Waals surface area contributed by atoms with Gasteiger partial charge in [0.05, 0.1) is 22.0 Å². The minimum absolute atomic E-state index is 0.115. The van der Waals surface area contributed by atoms with Crippen molar-refractivity contribution in [1.82, 2.24) is 14.9 Å². The van der Waals surface area contributed by atoms with Crippen molar-refractivity contribution in [2.75, 3.05) is 20.3 Å². The van der Waals surface area contributed by atoms with E-state index in [0.717, 1.165) is 40.6 Å². The molecule has 3 rings (SSSR count). The summed E-state index contributed by atoms with van der Waals surface area (Å²) < 4.78 is 7.33. The molecule has 1 N–H and O–H groups in total. The van der Waals surface area contributed by atoms with Crippen LogP contribution in [0.15, 0.2) is 48.4 Å². The Morgan fingerprint density at radius 1 is 1.41 bits per heavy atom. The van der Waals surface area contributed by atoms with Gasteiger partial charge in [-0.15, -0.1) is 17.9 Å². The summed E-state index contributed by atoms with van der Waals surface area (Å²) in [7, 11) is 1.69. The molecule has 1 amide bonds. The summed E-state index contributed by atoms with van der Waals surface area (Å²) in [6.07, 6.45) is 2.51. The maximum atomic E-state index is 12.6. The molecule has 0 spiro atoms. The number of aromatic nitrogens is 2. The van der Waals surface area contributed by atoms with Gasteiger partial charge in [-0.3, -0.25) is 4.79 Å². The average molecular weight is 430 g/mol. The third-order valence-corrected chi connectivity index (χ3v) is 5.82. The number of amides is 1. The largest absolute Gasteiger partial charge is 0.385 e. The molecule has 0 unspecified atom stereocenters. The van der Waals surface area contributed by atoms with Gasteiger partial charge in [0, 0.05) is 43.4 Å². The minimum atomic E-state index is -0.115. The molecule has 29 heavy (non-hydrogen) atoms. The van der Waals surface area contributed by atoms with Crippen LogP contribution in [0.1, 0.15) is 22.5 Å². The van der Waals surface area contributed by atoms with Crippen LogP contribution >= 0.6 is 22.9 Å². The molecule has 0 atom stereocenters. The van der Waals surface area contributed by atoms with Crippen LogP contribution in [0.3, 0.4) is 0 Å². The lowest BCUT2D eigenvalue weighted by atomic mass is 10.2. The maximum absolute atomic E-state index is 12.6. The molecule has 2 heterocycles. The van der Waals surface area contributed by atoms with Crippen LogP contribution in [0.25, 0.3) is 22.0 Å². The fraction of sp³-hybridized carbons (Fsp3) is 0.273. The zero-order valence-corrected chi connectivity index (χ0v) is 18.1. The Hall–Kier alpha value is -2.41. The van der Waals surface area contributed by atoms with E-state index >= 15 is 0 Å². The van der Waals surface area contributed by atoms with Gasteiger partial charge in [-0.25, -0.2) is 4.98 Å². The van der Waals surface area contributed by atoms with Gasteiger partial charge in [0.1, 0.15) is 5.01 Å². The topological polar surface area (TPSA) is 56.2 Å². The Bertz CT molecular complexity index is 1010. The number of carbonyl (C=O) groups excluding carboxylic acids is 1. The minimum Gasteiger partial charge on any atom is -0.385 e. The second-order valence-corrected chi connectivity index (χ2v) is 7.81. The van der Waals surface area contributed by atoms with Crippen LogP contribution in [0.5, 0.6) is 0 Å². The Morgan fingerprint density at radius 2 is 2.21 bits per heavy atom. The van der Waals surface area contributed by atoms with Crippen molar-refractivity contribution in [2.24, 2.45) is 0 Å². The van der Waals surface area contributed by atoms with Gasteiger partial charge in [0.25, 0.3) is 5.91 Å². The molecular weight excluding hydrogens is 406 g/mol. The summed E-state index contributed by atoms with van der Waals surface area (Å²) in [5, 5.41) is 6.39. The van der Waals surface area contributed by atoms with E-state index in [1.807, 2.05) is 42.6 Å². The average Bonchev–Trinajstić information content (AvgIpc) is 3.32. The number of rotatable bonds is 9. The summed E-state index contributed by atoms with van der Waals surface area (Å²) in [4.78, 5) is 17.4. The summed E-state index contributed by atoms with van der Waals surface area (Å²) in [6.45, 7) is 7.43. The first kappa shape index (κ1) is 21.3. The Kier molecular flexibility index (Phi) is 7.25. The number of hydrogen-bond donors (Lipinski definition) is 1. The standard InChI is InChI=1S/C22H24ClN3O2S/c1-4-10-24-21(27)17-13-20(26(15(17)2)11-7-12-28-3)19-14-29-22(25-19)16-8-5-6-9-18(16)23/h4-6,8-9,13-14H,1,7,10-12H2,2-3H3,(H,24,27). The van der Waals surface area contributed by atoms with Gasteiger partial charge in [-0.2, -0.15) is 0 Å². The lowest BCUT2D eigenvalue weighted by Gasteiger charge is -2.10. The molecule has 0 aliphatic carbocycles. The molecule has 1 aromatic carbocycles. The number of nitrogens with one attached hydrogen (secondary N) is 1. The molecule has 0 aliphatic heterocycles. The van der Waals surface area contributed by atoms with Crippen molar-refractivity contribution < 1.29 is 9.53 Å². The number of hydrogen-bond acceptors (Lipinski definition) is 4. The molecule has 3 aromatic rings. The number of ether oxygens (including phenoxy) is 1. The van der Waals surface area contributed by atoms with E-state index in [1.165, 1.54) is 11.3 Å². The summed E-state index contributed by atoms with van der Waals surface area (Å²) in [5.41, 5.74) is 4.20. The van der Waals surface area contributed by atoms with Crippen LogP contribution < -0.4 is 5.32 Å². The Morgan fingerprint density at radius 3 is 2.93 bits per heavy atom. The Balaban J connectivity index is 2.00. The Labute approximate surface area is 180 Å². The van der Waals surface area contributed by atoms with Crippen LogP contribution in [-0.2, 0) is 11.3 Å². The number of thiazole rings is 1. The van der Waals surface area contributed by atoms with E-state index in [4.69, 9.17) is 21.3 Å². The fourth-order valence-electron chi connectivity index (χ4n) is 3.15. The molecule has 0 radical (unpaired) electrons. The molecule has 2 aromatic heterocycles. The lowest BCUT2D eigenvalue weighted by molar-refractivity contribution is 0.0957.